The summed E-state index contributed by atoms with van der Waals surface area (Å²) in [6, 6.07) is 0.148. The smallest absolute Gasteiger partial charge is 0.380 e. The fraction of sp³-hybridized carbons (Fsp3) is 0.917. The summed E-state index contributed by atoms with van der Waals surface area (Å²) < 4.78 is 32.3. The third-order valence-electron chi connectivity index (χ3n) is 3.78. The molecule has 1 aliphatic carbocycles. The van der Waals surface area contributed by atoms with Crippen LogP contribution in [0.2, 0.25) is 0 Å². The Morgan fingerprint density at radius 2 is 2.17 bits per heavy atom. The number of halogens is 2. The van der Waals surface area contributed by atoms with Gasteiger partial charge in [-0.1, -0.05) is 0 Å². The Kier molecular flexibility index (Phi) is 3.36. The number of nitrogens with zero attached hydrogens (tertiary/aromatic N) is 1. The van der Waals surface area contributed by atoms with E-state index in [2.05, 4.69) is 4.74 Å². The first-order valence-corrected chi connectivity index (χ1v) is 6.35. The van der Waals surface area contributed by atoms with E-state index in [0.29, 0.717) is 0 Å². The number of ether oxygens (including phenoxy) is 1. The Hall–Kier alpha value is -0.750. The van der Waals surface area contributed by atoms with Crippen LogP contribution in [-0.2, 0) is 9.53 Å². The van der Waals surface area contributed by atoms with Gasteiger partial charge in [-0.05, 0) is 33.1 Å². The molecule has 0 aromatic carbocycles. The van der Waals surface area contributed by atoms with E-state index < -0.39 is 17.5 Å². The molecule has 6 heteroatoms. The molecule has 2 fully saturated rings. The molecule has 18 heavy (non-hydrogen) atoms. The van der Waals surface area contributed by atoms with Gasteiger partial charge in [0.2, 0.25) is 0 Å². The van der Waals surface area contributed by atoms with Crippen LogP contribution in [0.25, 0.3) is 0 Å². The minimum atomic E-state index is -3.85. The molecule has 0 radical (unpaired) electrons. The van der Waals surface area contributed by atoms with Crippen LogP contribution >= 0.6 is 0 Å². The molecule has 0 aromatic rings. The Morgan fingerprint density at radius 3 is 2.67 bits per heavy atom. The lowest BCUT2D eigenvalue weighted by Gasteiger charge is -2.30. The van der Waals surface area contributed by atoms with Crippen LogP contribution in [0.1, 0.15) is 33.1 Å². The number of rotatable bonds is 4. The lowest BCUT2D eigenvalue weighted by molar-refractivity contribution is -0.210. The number of likely N-dealkylation sites (tertiary alicyclic amines) is 1. The summed E-state index contributed by atoms with van der Waals surface area (Å²) >= 11 is 0. The molecule has 2 aliphatic rings. The van der Waals surface area contributed by atoms with Gasteiger partial charge in [-0.25, -0.2) is 4.79 Å². The van der Waals surface area contributed by atoms with Gasteiger partial charge in [0.15, 0.2) is 5.60 Å². The second-order valence-corrected chi connectivity index (χ2v) is 5.28. The maximum atomic E-state index is 14.0. The number of aliphatic hydroxyl groups is 1. The van der Waals surface area contributed by atoms with Crippen molar-refractivity contribution in [1.82, 2.24) is 4.90 Å². The van der Waals surface area contributed by atoms with Gasteiger partial charge in [0.1, 0.15) is 0 Å². The first-order valence-electron chi connectivity index (χ1n) is 6.35. The Balaban J connectivity index is 2.13. The van der Waals surface area contributed by atoms with Gasteiger partial charge in [0, 0.05) is 18.6 Å². The van der Waals surface area contributed by atoms with Crippen LogP contribution in [-0.4, -0.2) is 52.7 Å². The standard InChI is InChI=1S/C12H19F2NO3/c1-3-18-10(16)12(13,14)11(17)6-8(2)15(7-11)9-4-5-9/h8-9,17H,3-7H2,1-2H3. The maximum Gasteiger partial charge on any atom is 0.380 e. The topological polar surface area (TPSA) is 49.8 Å². The zero-order valence-electron chi connectivity index (χ0n) is 10.7. The van der Waals surface area contributed by atoms with Crippen LogP contribution in [0, 0.1) is 0 Å². The average molecular weight is 263 g/mol. The molecular weight excluding hydrogens is 244 g/mol. The molecule has 2 rings (SSSR count). The van der Waals surface area contributed by atoms with Crippen LogP contribution in [0.4, 0.5) is 8.78 Å². The Labute approximate surface area is 105 Å². The van der Waals surface area contributed by atoms with Crippen molar-refractivity contribution in [3.8, 4) is 0 Å². The van der Waals surface area contributed by atoms with Gasteiger partial charge in [-0.2, -0.15) is 8.78 Å². The second-order valence-electron chi connectivity index (χ2n) is 5.28. The lowest BCUT2D eigenvalue weighted by Crippen LogP contribution is -2.55. The number of esters is 1. The number of carbonyl (C=O) groups is 1. The van der Waals surface area contributed by atoms with Crippen LogP contribution in [0.15, 0.2) is 0 Å². The summed E-state index contributed by atoms with van der Waals surface area (Å²) in [6.07, 6.45) is 1.85. The first-order chi connectivity index (χ1) is 8.32. The van der Waals surface area contributed by atoms with Crippen molar-refractivity contribution in [3.05, 3.63) is 0 Å². The third-order valence-corrected chi connectivity index (χ3v) is 3.78. The fourth-order valence-electron chi connectivity index (χ4n) is 2.66. The zero-order valence-corrected chi connectivity index (χ0v) is 10.7. The Bertz CT molecular complexity index is 346. The highest BCUT2D eigenvalue weighted by Gasteiger charge is 2.64. The van der Waals surface area contributed by atoms with Gasteiger partial charge in [0.05, 0.1) is 6.61 Å². The number of alkyl halides is 2. The molecule has 104 valence electrons. The summed E-state index contributed by atoms with van der Waals surface area (Å²) in [4.78, 5) is 13.2. The quantitative estimate of drug-likeness (QED) is 0.774. The molecule has 0 bridgehead atoms. The summed E-state index contributed by atoms with van der Waals surface area (Å²) in [5, 5.41) is 10.1. The van der Waals surface area contributed by atoms with E-state index in [1.54, 1.807) is 6.92 Å². The van der Waals surface area contributed by atoms with Gasteiger partial charge >= 0.3 is 11.9 Å². The highest BCUT2D eigenvalue weighted by atomic mass is 19.3. The molecular formula is C12H19F2NO3. The molecule has 1 aliphatic heterocycles. The SMILES string of the molecule is CCOC(=O)C(F)(F)C1(O)CC(C)N(C2CC2)C1. The van der Waals surface area contributed by atoms with Crippen LogP contribution in [0.3, 0.4) is 0 Å². The molecule has 1 saturated carbocycles. The van der Waals surface area contributed by atoms with Crippen LogP contribution < -0.4 is 0 Å². The van der Waals surface area contributed by atoms with Crippen molar-refractivity contribution >= 4 is 5.97 Å². The first kappa shape index (κ1) is 13.7. The van der Waals surface area contributed by atoms with E-state index in [4.69, 9.17) is 0 Å². The number of hydrogen-bond acceptors (Lipinski definition) is 4. The predicted octanol–water partition coefficient (Wildman–Crippen LogP) is 1.17. The summed E-state index contributed by atoms with van der Waals surface area (Å²) in [7, 11) is 0. The van der Waals surface area contributed by atoms with E-state index in [1.807, 2.05) is 4.90 Å². The Morgan fingerprint density at radius 1 is 1.56 bits per heavy atom. The molecule has 2 unspecified atom stereocenters. The van der Waals surface area contributed by atoms with Crippen molar-refractivity contribution in [3.63, 3.8) is 0 Å². The van der Waals surface area contributed by atoms with Crippen LogP contribution in [0.5, 0.6) is 0 Å². The average Bonchev–Trinajstić information content (AvgIpc) is 3.05. The zero-order chi connectivity index (χ0) is 13.6. The fourth-order valence-corrected chi connectivity index (χ4v) is 2.66. The summed E-state index contributed by atoms with van der Waals surface area (Å²) in [5.74, 6) is -5.47. The molecule has 4 nitrogen and oxygen atoms in total. The predicted molar refractivity (Wildman–Crippen MR) is 60.3 cm³/mol. The van der Waals surface area contributed by atoms with E-state index >= 15 is 0 Å². The van der Waals surface area contributed by atoms with Crippen molar-refractivity contribution in [2.24, 2.45) is 0 Å². The van der Waals surface area contributed by atoms with E-state index in [0.717, 1.165) is 12.8 Å². The highest BCUT2D eigenvalue weighted by Crippen LogP contribution is 2.44. The van der Waals surface area contributed by atoms with Gasteiger partial charge < -0.3 is 9.84 Å². The van der Waals surface area contributed by atoms with Crippen molar-refractivity contribution in [1.29, 1.82) is 0 Å². The number of hydrogen-bond donors (Lipinski definition) is 1. The van der Waals surface area contributed by atoms with E-state index in [9.17, 15) is 18.7 Å². The van der Waals surface area contributed by atoms with Gasteiger partial charge in [-0.3, -0.25) is 4.90 Å². The molecule has 1 heterocycles. The number of β-amino-alcohol motifs (C(OH)–C–C–N with tert-alkyl or cyclic N) is 1. The summed E-state index contributed by atoms with van der Waals surface area (Å²) in [5.41, 5.74) is -2.30. The van der Waals surface area contributed by atoms with E-state index in [1.165, 1.54) is 6.92 Å². The largest absolute Gasteiger partial charge is 0.461 e. The molecule has 2 atom stereocenters. The highest BCUT2D eigenvalue weighted by molar-refractivity contribution is 5.79. The maximum absolute atomic E-state index is 14.0. The van der Waals surface area contributed by atoms with Gasteiger partial charge in [0.25, 0.3) is 0 Å². The second kappa shape index (κ2) is 4.42. The van der Waals surface area contributed by atoms with Gasteiger partial charge in [-0.15, -0.1) is 0 Å². The molecule has 0 aromatic heterocycles. The lowest BCUT2D eigenvalue weighted by atomic mass is 9.93. The van der Waals surface area contributed by atoms with Crippen molar-refractivity contribution < 1.29 is 23.4 Å². The number of carbonyl (C=O) groups excluding carboxylic acids is 1. The monoisotopic (exact) mass is 263 g/mol. The summed E-state index contributed by atoms with van der Waals surface area (Å²) in [6.45, 7) is 2.99. The normalized spacial score (nSPS) is 33.7. The molecule has 1 saturated heterocycles. The minimum absolute atomic E-state index is 0.102. The third kappa shape index (κ3) is 2.12. The van der Waals surface area contributed by atoms with Crippen molar-refractivity contribution in [2.45, 2.75) is 56.7 Å². The van der Waals surface area contributed by atoms with Crippen molar-refractivity contribution in [2.75, 3.05) is 13.2 Å². The minimum Gasteiger partial charge on any atom is -0.461 e. The molecule has 0 spiro atoms. The molecule has 0 amide bonds. The van der Waals surface area contributed by atoms with E-state index in [-0.39, 0.29) is 31.7 Å². The molecule has 1 N–H and O–H groups in total.